The van der Waals surface area contributed by atoms with Crippen LogP contribution in [0.25, 0.3) is 0 Å². The minimum atomic E-state index is -1.19. The van der Waals surface area contributed by atoms with Gasteiger partial charge in [-0.1, -0.05) is 6.92 Å². The number of aliphatic hydroxyl groups is 1. The summed E-state index contributed by atoms with van der Waals surface area (Å²) in [5.41, 5.74) is -1.19. The molecule has 0 bridgehead atoms. The number of esters is 1. The van der Waals surface area contributed by atoms with E-state index in [0.29, 0.717) is 6.42 Å². The first kappa shape index (κ1) is 23.0. The van der Waals surface area contributed by atoms with Gasteiger partial charge in [0.1, 0.15) is 12.7 Å². The zero-order valence-electron chi connectivity index (χ0n) is 13.3. The van der Waals surface area contributed by atoms with E-state index in [0.717, 1.165) is 0 Å². The topological polar surface area (TPSA) is 91.3 Å². The van der Waals surface area contributed by atoms with E-state index in [2.05, 4.69) is 4.74 Å². The number of carbonyl (C=O) groups excluding carboxylic acids is 2. The van der Waals surface area contributed by atoms with Gasteiger partial charge in [-0.25, -0.2) is 9.59 Å². The Bertz CT molecular complexity index is 320. The minimum absolute atomic E-state index is 0. The second-order valence-electron chi connectivity index (χ2n) is 4.86. The molecular weight excluding hydrogens is 357 g/mol. The van der Waals surface area contributed by atoms with Gasteiger partial charge in [-0.3, -0.25) is 0 Å². The number of carbonyl (C=O) groups is 2. The molecule has 7 nitrogen and oxygen atoms in total. The van der Waals surface area contributed by atoms with E-state index in [1.807, 2.05) is 0 Å². The number of hydrogen-bond acceptors (Lipinski definition) is 7. The van der Waals surface area contributed by atoms with Crippen molar-refractivity contribution in [2.75, 3.05) is 20.3 Å². The van der Waals surface area contributed by atoms with Crippen LogP contribution < -0.4 is 0 Å². The van der Waals surface area contributed by atoms with Gasteiger partial charge in [0, 0.05) is 32.7 Å². The molecule has 0 heterocycles. The summed E-state index contributed by atoms with van der Waals surface area (Å²) in [6, 6.07) is 0. The molecule has 0 saturated carbocycles. The fourth-order valence-electron chi connectivity index (χ4n) is 1.09. The van der Waals surface area contributed by atoms with Crippen LogP contribution in [-0.4, -0.2) is 55.4 Å². The number of hydrogen-bond donors (Lipinski definition) is 1. The maximum atomic E-state index is 11.8. The fourth-order valence-corrected chi connectivity index (χ4v) is 1.09. The summed E-state index contributed by atoms with van der Waals surface area (Å²) < 4.78 is 19.5. The number of ether oxygens (including phenoxy) is 4. The normalized spacial score (nSPS) is 13.6. The molecule has 0 aromatic carbocycles. The molecule has 0 aliphatic rings. The molecule has 0 rings (SSSR count). The molecule has 1 radical (unpaired) electrons. The van der Waals surface area contributed by atoms with Gasteiger partial charge in [-0.2, -0.15) is 0 Å². The molecule has 2 atom stereocenters. The third kappa shape index (κ3) is 10.2. The Balaban J connectivity index is 0. The van der Waals surface area contributed by atoms with Crippen molar-refractivity contribution in [3.63, 3.8) is 0 Å². The molecule has 0 amide bonds. The first-order chi connectivity index (χ1) is 9.22. The van der Waals surface area contributed by atoms with Gasteiger partial charge >= 0.3 is 12.1 Å². The molecule has 0 spiro atoms. The van der Waals surface area contributed by atoms with Crippen LogP contribution in [0, 0.1) is 0 Å². The van der Waals surface area contributed by atoms with E-state index in [4.69, 9.17) is 14.2 Å². The second-order valence-corrected chi connectivity index (χ2v) is 4.86. The summed E-state index contributed by atoms with van der Waals surface area (Å²) >= 11 is 0. The van der Waals surface area contributed by atoms with Crippen LogP contribution in [0.2, 0.25) is 0 Å². The molecule has 2 unspecified atom stereocenters. The van der Waals surface area contributed by atoms with Crippen molar-refractivity contribution in [1.29, 1.82) is 0 Å². The quantitative estimate of drug-likeness (QED) is 0.633. The van der Waals surface area contributed by atoms with Crippen molar-refractivity contribution >= 4 is 12.1 Å². The van der Waals surface area contributed by atoms with Crippen LogP contribution in [0.3, 0.4) is 0 Å². The summed E-state index contributed by atoms with van der Waals surface area (Å²) in [5, 5.41) is 9.33. The van der Waals surface area contributed by atoms with Crippen LogP contribution in [0.4, 0.5) is 4.79 Å². The molecule has 0 aliphatic carbocycles. The first-order valence-corrected chi connectivity index (χ1v) is 6.46. The maximum absolute atomic E-state index is 11.8. The predicted octanol–water partition coefficient (Wildman–Crippen LogP) is 1.26. The van der Waals surface area contributed by atoms with Gasteiger partial charge in [0.2, 0.25) is 0 Å². The van der Waals surface area contributed by atoms with Crippen molar-refractivity contribution in [3.8, 4) is 0 Å². The Hall–Kier alpha value is -0.236. The van der Waals surface area contributed by atoms with Crippen molar-refractivity contribution < 1.29 is 66.4 Å². The van der Waals surface area contributed by atoms with Crippen LogP contribution in [0.1, 0.15) is 34.1 Å². The monoisotopic (exact) mass is 381 g/mol. The van der Waals surface area contributed by atoms with Gasteiger partial charge < -0.3 is 24.1 Å². The summed E-state index contributed by atoms with van der Waals surface area (Å²) in [5.74, 6) is -0.588. The van der Waals surface area contributed by atoms with Crippen LogP contribution in [-0.2, 0) is 56.5 Å². The molecule has 8 heteroatoms. The zero-order chi connectivity index (χ0) is 15.8. The van der Waals surface area contributed by atoms with Gasteiger partial charge in [0.05, 0.1) is 19.8 Å². The molecule has 0 fully saturated rings. The molecule has 0 aliphatic heterocycles. The largest absolute Gasteiger partial charge is 0.508 e. The number of methoxy groups -OCH3 is 1. The fraction of sp³-hybridized carbons (Fsp3) is 0.846. The number of rotatable bonds is 8. The van der Waals surface area contributed by atoms with Crippen LogP contribution >= 0.6 is 0 Å². The van der Waals surface area contributed by atoms with Gasteiger partial charge in [-0.15, -0.1) is 0 Å². The Morgan fingerprint density at radius 2 is 1.81 bits per heavy atom. The molecule has 0 aromatic rings. The summed E-state index contributed by atoms with van der Waals surface area (Å²) in [6.07, 6.45) is -1.56. The summed E-state index contributed by atoms with van der Waals surface area (Å²) in [7, 11) is 1.20. The van der Waals surface area contributed by atoms with Gasteiger partial charge in [0.25, 0.3) is 0 Å². The zero-order valence-corrected chi connectivity index (χ0v) is 16.1. The predicted molar refractivity (Wildman–Crippen MR) is 70.2 cm³/mol. The maximum Gasteiger partial charge on any atom is 0.508 e. The Morgan fingerprint density at radius 1 is 1.24 bits per heavy atom. The van der Waals surface area contributed by atoms with Crippen molar-refractivity contribution in [2.24, 2.45) is 0 Å². The Labute approximate surface area is 150 Å². The molecule has 0 saturated heterocycles. The minimum Gasteiger partial charge on any atom is -0.461 e. The standard InChI is InChI=1S/C13H24O7.Y/c1-6-10(14)8-18-11(15)13(3,4)19-7-9(2)20-12(16)17-5;/h9-10,14H,6-8H2,1-5H3;. The smallest absolute Gasteiger partial charge is 0.461 e. The molecule has 21 heavy (non-hydrogen) atoms. The van der Waals surface area contributed by atoms with Crippen LogP contribution in [0.5, 0.6) is 0 Å². The Morgan fingerprint density at radius 3 is 2.29 bits per heavy atom. The number of aliphatic hydroxyl groups excluding tert-OH is 1. The van der Waals surface area contributed by atoms with Gasteiger partial charge in [0.15, 0.2) is 5.60 Å². The third-order valence-corrected chi connectivity index (χ3v) is 2.51. The molecule has 1 N–H and O–H groups in total. The van der Waals surface area contributed by atoms with Crippen molar-refractivity contribution in [1.82, 2.24) is 0 Å². The third-order valence-electron chi connectivity index (χ3n) is 2.51. The molecule has 121 valence electrons. The van der Waals surface area contributed by atoms with E-state index in [1.54, 1.807) is 27.7 Å². The van der Waals surface area contributed by atoms with Crippen molar-refractivity contribution in [2.45, 2.75) is 51.9 Å². The summed E-state index contributed by atoms with van der Waals surface area (Å²) in [4.78, 5) is 22.7. The average Bonchev–Trinajstić information content (AvgIpc) is 2.41. The van der Waals surface area contributed by atoms with E-state index in [9.17, 15) is 14.7 Å². The van der Waals surface area contributed by atoms with Crippen LogP contribution in [0.15, 0.2) is 0 Å². The van der Waals surface area contributed by atoms with E-state index in [1.165, 1.54) is 7.11 Å². The average molecular weight is 381 g/mol. The van der Waals surface area contributed by atoms with E-state index >= 15 is 0 Å². The van der Waals surface area contributed by atoms with Crippen molar-refractivity contribution in [3.05, 3.63) is 0 Å². The molecular formula is C13H24O7Y. The first-order valence-electron chi connectivity index (χ1n) is 6.46. The van der Waals surface area contributed by atoms with E-state index in [-0.39, 0.29) is 45.9 Å². The molecule has 0 aromatic heterocycles. The second kappa shape index (κ2) is 11.3. The van der Waals surface area contributed by atoms with E-state index < -0.39 is 29.9 Å². The SMILES string of the molecule is CCC(O)COC(=O)C(C)(C)OCC(C)OC(=O)OC.[Y]. The summed E-state index contributed by atoms with van der Waals surface area (Å²) in [6.45, 7) is 6.42. The Kier molecular flexibility index (Phi) is 12.4. The van der Waals surface area contributed by atoms with Gasteiger partial charge in [-0.05, 0) is 27.2 Å².